The lowest BCUT2D eigenvalue weighted by Gasteiger charge is -2.34. The van der Waals surface area contributed by atoms with Crippen LogP contribution in [0.3, 0.4) is 0 Å². The van der Waals surface area contributed by atoms with Gasteiger partial charge in [0.2, 0.25) is 11.8 Å². The molecule has 27 heavy (non-hydrogen) atoms. The number of benzene rings is 1. The Balaban J connectivity index is 1.52. The smallest absolute Gasteiger partial charge is 0.234 e. The number of carbonyl (C=O) groups is 2. The summed E-state index contributed by atoms with van der Waals surface area (Å²) >= 11 is 4.71. The average molecular weight is 456 g/mol. The third-order valence-corrected chi connectivity index (χ3v) is 5.92. The van der Waals surface area contributed by atoms with Gasteiger partial charge in [-0.2, -0.15) is 0 Å². The predicted octanol–water partition coefficient (Wildman–Crippen LogP) is 3.61. The van der Waals surface area contributed by atoms with Crippen LogP contribution >= 0.6 is 27.7 Å². The zero-order valence-corrected chi connectivity index (χ0v) is 18.6. The Hall–Kier alpha value is -1.05. The molecule has 2 N–H and O–H groups in total. The van der Waals surface area contributed by atoms with Gasteiger partial charge in [-0.25, -0.2) is 0 Å². The van der Waals surface area contributed by atoms with E-state index in [2.05, 4.69) is 45.3 Å². The normalized spacial score (nSPS) is 20.3. The highest BCUT2D eigenvalue weighted by Crippen LogP contribution is 2.20. The molecule has 2 amide bonds. The minimum absolute atomic E-state index is 0.00404. The summed E-state index contributed by atoms with van der Waals surface area (Å²) in [6.07, 6.45) is 2.29. The highest BCUT2D eigenvalue weighted by Gasteiger charge is 2.21. The Bertz CT molecular complexity index is 619. The van der Waals surface area contributed by atoms with Crippen LogP contribution in [0.25, 0.3) is 0 Å². The van der Waals surface area contributed by atoms with Gasteiger partial charge in [-0.05, 0) is 49.4 Å². The fourth-order valence-corrected chi connectivity index (χ4v) is 4.60. The first-order valence-corrected chi connectivity index (χ1v) is 11.5. The molecule has 1 heterocycles. The molecule has 0 bridgehead atoms. The number of anilines is 1. The number of nitrogens with zero attached hydrogens (tertiary/aromatic N) is 1. The lowest BCUT2D eigenvalue weighted by molar-refractivity contribution is -0.118. The van der Waals surface area contributed by atoms with Crippen molar-refractivity contribution in [3.63, 3.8) is 0 Å². The maximum atomic E-state index is 11.9. The fourth-order valence-electron chi connectivity index (χ4n) is 3.56. The molecule has 1 aromatic carbocycles. The van der Waals surface area contributed by atoms with Gasteiger partial charge in [0.1, 0.15) is 0 Å². The number of likely N-dealkylation sites (tertiary alicyclic amines) is 1. The first-order chi connectivity index (χ1) is 12.9. The van der Waals surface area contributed by atoms with Gasteiger partial charge in [-0.1, -0.05) is 35.8 Å². The molecule has 0 aromatic heterocycles. The maximum Gasteiger partial charge on any atom is 0.234 e. The lowest BCUT2D eigenvalue weighted by atomic mass is 9.92. The van der Waals surface area contributed by atoms with Gasteiger partial charge in [0.25, 0.3) is 0 Å². The van der Waals surface area contributed by atoms with E-state index in [0.29, 0.717) is 12.3 Å². The van der Waals surface area contributed by atoms with E-state index in [1.807, 2.05) is 24.3 Å². The molecule has 0 aliphatic carbocycles. The fraction of sp³-hybridized carbons (Fsp3) is 0.600. The van der Waals surface area contributed by atoms with Crippen LogP contribution in [0.15, 0.2) is 28.7 Å². The number of halogens is 1. The van der Waals surface area contributed by atoms with Crippen molar-refractivity contribution < 1.29 is 9.59 Å². The predicted molar refractivity (Wildman–Crippen MR) is 117 cm³/mol. The van der Waals surface area contributed by atoms with Gasteiger partial charge in [-0.15, -0.1) is 11.8 Å². The van der Waals surface area contributed by atoms with E-state index in [-0.39, 0.29) is 17.6 Å². The number of thioether (sulfide) groups is 1. The Morgan fingerprint density at radius 1 is 1.19 bits per heavy atom. The van der Waals surface area contributed by atoms with Gasteiger partial charge < -0.3 is 15.5 Å². The van der Waals surface area contributed by atoms with Crippen molar-refractivity contribution >= 4 is 45.2 Å². The summed E-state index contributed by atoms with van der Waals surface area (Å²) in [6, 6.07) is 7.45. The van der Waals surface area contributed by atoms with E-state index < -0.39 is 0 Å². The minimum atomic E-state index is -0.0979. The number of rotatable bonds is 9. The number of amides is 2. The number of carbonyl (C=O) groups excluding carboxylic acids is 2. The number of piperidine rings is 1. The van der Waals surface area contributed by atoms with E-state index in [1.54, 1.807) is 0 Å². The van der Waals surface area contributed by atoms with E-state index in [1.165, 1.54) is 31.3 Å². The zero-order chi connectivity index (χ0) is 19.6. The molecular formula is C20H30BrN3O2S. The standard InChI is InChI=1S/C20H30BrN3O2S/c1-15-9-16(2)12-24(11-15)8-4-7-22-19(25)13-27-14-20(26)23-18-6-3-5-17(21)10-18/h3,5-6,10,15-16H,4,7-9,11-14H2,1-2H3,(H,22,25)(H,23,26). The van der Waals surface area contributed by atoms with Crippen LogP contribution in [0.5, 0.6) is 0 Å². The van der Waals surface area contributed by atoms with Crippen molar-refractivity contribution in [2.24, 2.45) is 11.8 Å². The summed E-state index contributed by atoms with van der Waals surface area (Å²) < 4.78 is 0.917. The molecule has 2 rings (SSSR count). The van der Waals surface area contributed by atoms with Gasteiger partial charge in [0.05, 0.1) is 11.5 Å². The van der Waals surface area contributed by atoms with Crippen molar-refractivity contribution in [1.82, 2.24) is 10.2 Å². The van der Waals surface area contributed by atoms with Crippen LogP contribution < -0.4 is 10.6 Å². The average Bonchev–Trinajstić information content (AvgIpc) is 2.58. The molecule has 1 aliphatic heterocycles. The van der Waals surface area contributed by atoms with Crippen molar-refractivity contribution in [1.29, 1.82) is 0 Å². The van der Waals surface area contributed by atoms with Crippen molar-refractivity contribution in [3.05, 3.63) is 28.7 Å². The molecule has 0 saturated carbocycles. The van der Waals surface area contributed by atoms with Crippen molar-refractivity contribution in [2.45, 2.75) is 26.7 Å². The van der Waals surface area contributed by atoms with Gasteiger partial charge in [0, 0.05) is 29.8 Å². The second kappa shape index (κ2) is 11.7. The minimum Gasteiger partial charge on any atom is -0.355 e. The van der Waals surface area contributed by atoms with Gasteiger partial charge >= 0.3 is 0 Å². The maximum absolute atomic E-state index is 11.9. The summed E-state index contributed by atoms with van der Waals surface area (Å²) in [5.41, 5.74) is 0.751. The second-order valence-electron chi connectivity index (χ2n) is 7.46. The van der Waals surface area contributed by atoms with Crippen LogP contribution in [0.4, 0.5) is 5.69 Å². The largest absolute Gasteiger partial charge is 0.355 e. The Morgan fingerprint density at radius 3 is 2.59 bits per heavy atom. The highest BCUT2D eigenvalue weighted by molar-refractivity contribution is 9.10. The molecule has 150 valence electrons. The van der Waals surface area contributed by atoms with Crippen LogP contribution in [-0.2, 0) is 9.59 Å². The molecule has 2 atom stereocenters. The second-order valence-corrected chi connectivity index (χ2v) is 9.36. The Kier molecular flexibility index (Phi) is 9.65. The first-order valence-electron chi connectivity index (χ1n) is 9.54. The molecule has 1 fully saturated rings. The summed E-state index contributed by atoms with van der Waals surface area (Å²) in [5.74, 6) is 2.01. The monoisotopic (exact) mass is 455 g/mol. The third kappa shape index (κ3) is 9.12. The lowest BCUT2D eigenvalue weighted by Crippen LogP contribution is -2.40. The topological polar surface area (TPSA) is 61.4 Å². The Morgan fingerprint density at radius 2 is 1.89 bits per heavy atom. The SMILES string of the molecule is CC1CC(C)CN(CCCNC(=O)CSCC(=O)Nc2cccc(Br)c2)C1. The molecule has 5 nitrogen and oxygen atoms in total. The van der Waals surface area contributed by atoms with E-state index >= 15 is 0 Å². The summed E-state index contributed by atoms with van der Waals surface area (Å²) in [7, 11) is 0. The summed E-state index contributed by atoms with van der Waals surface area (Å²) in [6.45, 7) is 8.70. The zero-order valence-electron chi connectivity index (χ0n) is 16.2. The summed E-state index contributed by atoms with van der Waals surface area (Å²) in [4.78, 5) is 26.3. The first kappa shape index (κ1) is 22.2. The Labute approximate surface area is 175 Å². The molecule has 0 spiro atoms. The number of hydrogen-bond donors (Lipinski definition) is 2. The van der Waals surface area contributed by atoms with E-state index in [9.17, 15) is 9.59 Å². The molecule has 7 heteroatoms. The molecule has 1 aliphatic rings. The molecule has 1 saturated heterocycles. The van der Waals surface area contributed by atoms with Crippen molar-refractivity contribution in [2.75, 3.05) is 43.0 Å². The molecule has 0 radical (unpaired) electrons. The van der Waals surface area contributed by atoms with E-state index in [0.717, 1.165) is 35.0 Å². The third-order valence-electron chi connectivity index (χ3n) is 4.49. The van der Waals surface area contributed by atoms with Crippen LogP contribution in [0.2, 0.25) is 0 Å². The van der Waals surface area contributed by atoms with E-state index in [4.69, 9.17) is 0 Å². The molecule has 2 unspecified atom stereocenters. The van der Waals surface area contributed by atoms with Crippen LogP contribution in [0.1, 0.15) is 26.7 Å². The van der Waals surface area contributed by atoms with Gasteiger partial charge in [0.15, 0.2) is 0 Å². The van der Waals surface area contributed by atoms with Crippen LogP contribution in [-0.4, -0.2) is 54.4 Å². The number of hydrogen-bond acceptors (Lipinski definition) is 4. The highest BCUT2D eigenvalue weighted by atomic mass is 79.9. The van der Waals surface area contributed by atoms with Crippen molar-refractivity contribution in [3.8, 4) is 0 Å². The number of nitrogens with one attached hydrogen (secondary N) is 2. The summed E-state index contributed by atoms with van der Waals surface area (Å²) in [5, 5.41) is 5.78. The molecule has 1 aromatic rings. The van der Waals surface area contributed by atoms with Crippen LogP contribution in [0, 0.1) is 11.8 Å². The molecular weight excluding hydrogens is 426 g/mol. The quantitative estimate of drug-likeness (QED) is 0.558. The van der Waals surface area contributed by atoms with Gasteiger partial charge in [-0.3, -0.25) is 9.59 Å².